The minimum absolute atomic E-state index is 0.0353. The largest absolute Gasteiger partial charge is 0.335 e. The van der Waals surface area contributed by atoms with E-state index in [0.717, 1.165) is 5.56 Å². The van der Waals surface area contributed by atoms with Gasteiger partial charge in [0, 0.05) is 37.3 Å². The van der Waals surface area contributed by atoms with Gasteiger partial charge in [-0.3, -0.25) is 9.59 Å². The number of halogens is 1. The third kappa shape index (κ3) is 4.03. The number of nitrogens with zero attached hydrogens (tertiary/aromatic N) is 4. The molecule has 0 radical (unpaired) electrons. The Morgan fingerprint density at radius 1 is 0.882 bits per heavy atom. The fourth-order valence-electron chi connectivity index (χ4n) is 4.19. The molecule has 0 saturated carbocycles. The molecule has 2 aromatic heterocycles. The van der Waals surface area contributed by atoms with Crippen molar-refractivity contribution in [2.75, 3.05) is 26.2 Å². The highest BCUT2D eigenvalue weighted by atomic mass is 19.1. The van der Waals surface area contributed by atoms with Gasteiger partial charge in [-0.2, -0.15) is 0 Å². The first kappa shape index (κ1) is 21.8. The lowest BCUT2D eigenvalue weighted by molar-refractivity contribution is 0.0536. The van der Waals surface area contributed by atoms with Crippen LogP contribution in [0.3, 0.4) is 0 Å². The van der Waals surface area contributed by atoms with Crippen LogP contribution < -0.4 is 0 Å². The molecule has 0 N–H and O–H groups in total. The number of benzene rings is 2. The molecule has 34 heavy (non-hydrogen) atoms. The zero-order valence-corrected chi connectivity index (χ0v) is 18.9. The molecule has 7 nitrogen and oxygen atoms in total. The first-order valence-electron chi connectivity index (χ1n) is 11.1. The summed E-state index contributed by atoms with van der Waals surface area (Å²) in [6.45, 7) is 5.46. The zero-order valence-electron chi connectivity index (χ0n) is 18.9. The van der Waals surface area contributed by atoms with E-state index in [-0.39, 0.29) is 23.3 Å². The molecule has 1 saturated heterocycles. The molecule has 0 atom stereocenters. The molecule has 3 heterocycles. The molecule has 0 bridgehead atoms. The fraction of sp³-hybridized carbons (Fsp3) is 0.231. The Kier molecular flexibility index (Phi) is 5.57. The maximum atomic E-state index is 13.6. The van der Waals surface area contributed by atoms with Gasteiger partial charge in [0.25, 0.3) is 17.5 Å². The normalized spacial score (nSPS) is 14.0. The quantitative estimate of drug-likeness (QED) is 0.459. The molecule has 2 aromatic carbocycles. The SMILES string of the molecule is Cc1ccc(C(=O)N2CCN(C(=O)c3cc(-c4ccc(F)cc4)nc4onc(C)c34)CC2)cc1. The van der Waals surface area contributed by atoms with Crippen molar-refractivity contribution in [1.29, 1.82) is 0 Å². The molecule has 8 heteroatoms. The first-order valence-corrected chi connectivity index (χ1v) is 11.1. The number of hydrogen-bond acceptors (Lipinski definition) is 5. The highest BCUT2D eigenvalue weighted by Gasteiger charge is 2.28. The summed E-state index contributed by atoms with van der Waals surface area (Å²) in [5, 5.41) is 4.55. The highest BCUT2D eigenvalue weighted by Crippen LogP contribution is 2.28. The van der Waals surface area contributed by atoms with Crippen LogP contribution in [0.4, 0.5) is 4.39 Å². The molecule has 4 aromatic rings. The van der Waals surface area contributed by atoms with Crippen molar-refractivity contribution < 1.29 is 18.5 Å². The van der Waals surface area contributed by atoms with Gasteiger partial charge in [0.05, 0.1) is 22.3 Å². The van der Waals surface area contributed by atoms with Gasteiger partial charge in [-0.1, -0.05) is 22.9 Å². The van der Waals surface area contributed by atoms with Crippen LogP contribution in [0.2, 0.25) is 0 Å². The van der Waals surface area contributed by atoms with Gasteiger partial charge >= 0.3 is 0 Å². The number of carbonyl (C=O) groups is 2. The standard InChI is InChI=1S/C26H23FN4O3/c1-16-3-5-19(6-4-16)25(32)30-11-13-31(14-12-30)26(33)21-15-22(18-7-9-20(27)10-8-18)28-24-23(21)17(2)29-34-24/h3-10,15H,11-14H2,1-2H3. The molecule has 172 valence electrons. The summed E-state index contributed by atoms with van der Waals surface area (Å²) in [6.07, 6.45) is 0. The second kappa shape index (κ2) is 8.70. The van der Waals surface area contributed by atoms with Crippen LogP contribution in [-0.2, 0) is 0 Å². The molecule has 2 amide bonds. The van der Waals surface area contributed by atoms with Crippen LogP contribution in [0.15, 0.2) is 59.1 Å². The molecule has 0 aliphatic carbocycles. The van der Waals surface area contributed by atoms with Gasteiger partial charge in [-0.15, -0.1) is 0 Å². The average Bonchev–Trinajstić information content (AvgIpc) is 3.24. The summed E-state index contributed by atoms with van der Waals surface area (Å²) in [4.78, 5) is 34.4. The Morgan fingerprint density at radius 2 is 1.50 bits per heavy atom. The summed E-state index contributed by atoms with van der Waals surface area (Å²) in [6, 6.07) is 15.1. The van der Waals surface area contributed by atoms with Gasteiger partial charge in [0.15, 0.2) is 0 Å². The summed E-state index contributed by atoms with van der Waals surface area (Å²) in [5.41, 5.74) is 4.17. The minimum Gasteiger partial charge on any atom is -0.335 e. The molecule has 0 unspecified atom stereocenters. The minimum atomic E-state index is -0.352. The number of piperazine rings is 1. The van der Waals surface area contributed by atoms with Crippen LogP contribution in [0.5, 0.6) is 0 Å². The number of aromatic nitrogens is 2. The molecule has 1 aliphatic rings. The van der Waals surface area contributed by atoms with E-state index in [1.54, 1.807) is 34.9 Å². The number of pyridine rings is 1. The number of hydrogen-bond donors (Lipinski definition) is 0. The number of amides is 2. The Balaban J connectivity index is 1.39. The van der Waals surface area contributed by atoms with Crippen LogP contribution >= 0.6 is 0 Å². The van der Waals surface area contributed by atoms with Gasteiger partial charge in [0.2, 0.25) is 0 Å². The third-order valence-electron chi connectivity index (χ3n) is 6.14. The molecule has 1 aliphatic heterocycles. The smallest absolute Gasteiger partial charge is 0.259 e. The number of carbonyl (C=O) groups excluding carboxylic acids is 2. The van der Waals surface area contributed by atoms with Crippen molar-refractivity contribution in [3.63, 3.8) is 0 Å². The number of rotatable bonds is 3. The van der Waals surface area contributed by atoms with Crippen LogP contribution in [0, 0.1) is 19.7 Å². The summed E-state index contributed by atoms with van der Waals surface area (Å²) < 4.78 is 18.7. The fourth-order valence-corrected chi connectivity index (χ4v) is 4.19. The van der Waals surface area contributed by atoms with E-state index in [1.807, 2.05) is 31.2 Å². The predicted octanol–water partition coefficient (Wildman–Crippen LogP) is 4.24. The van der Waals surface area contributed by atoms with Gasteiger partial charge in [-0.05, 0) is 56.3 Å². The van der Waals surface area contributed by atoms with E-state index in [1.165, 1.54) is 12.1 Å². The third-order valence-corrected chi connectivity index (χ3v) is 6.14. The van der Waals surface area contributed by atoms with E-state index in [0.29, 0.717) is 59.6 Å². The lowest BCUT2D eigenvalue weighted by Gasteiger charge is -2.35. The number of aryl methyl sites for hydroxylation is 2. The maximum Gasteiger partial charge on any atom is 0.259 e. The monoisotopic (exact) mass is 458 g/mol. The highest BCUT2D eigenvalue weighted by molar-refractivity contribution is 6.07. The van der Waals surface area contributed by atoms with Crippen molar-refractivity contribution in [1.82, 2.24) is 19.9 Å². The van der Waals surface area contributed by atoms with Gasteiger partial charge in [-0.25, -0.2) is 9.37 Å². The van der Waals surface area contributed by atoms with Crippen molar-refractivity contribution in [2.45, 2.75) is 13.8 Å². The molecule has 1 fully saturated rings. The second-order valence-electron chi connectivity index (χ2n) is 8.46. The van der Waals surface area contributed by atoms with Crippen LogP contribution in [0.1, 0.15) is 32.0 Å². The van der Waals surface area contributed by atoms with Crippen molar-refractivity contribution in [3.05, 3.63) is 82.8 Å². The lowest BCUT2D eigenvalue weighted by atomic mass is 10.0. The summed E-state index contributed by atoms with van der Waals surface area (Å²) in [5.74, 6) is -0.564. The Morgan fingerprint density at radius 3 is 2.15 bits per heavy atom. The lowest BCUT2D eigenvalue weighted by Crippen LogP contribution is -2.50. The first-order chi connectivity index (χ1) is 16.4. The average molecular weight is 458 g/mol. The zero-order chi connectivity index (χ0) is 23.8. The Hall–Kier alpha value is -4.07. The summed E-state index contributed by atoms with van der Waals surface area (Å²) in [7, 11) is 0. The number of fused-ring (bicyclic) bond motifs is 1. The Labute approximate surface area is 195 Å². The topological polar surface area (TPSA) is 79.5 Å². The second-order valence-corrected chi connectivity index (χ2v) is 8.46. The molecular formula is C26H23FN4O3. The summed E-state index contributed by atoms with van der Waals surface area (Å²) >= 11 is 0. The van der Waals surface area contributed by atoms with E-state index in [4.69, 9.17) is 4.52 Å². The van der Waals surface area contributed by atoms with E-state index >= 15 is 0 Å². The van der Waals surface area contributed by atoms with Gasteiger partial charge < -0.3 is 14.3 Å². The van der Waals surface area contributed by atoms with Crippen LogP contribution in [-0.4, -0.2) is 57.9 Å². The van der Waals surface area contributed by atoms with E-state index < -0.39 is 0 Å². The van der Waals surface area contributed by atoms with Crippen molar-refractivity contribution in [3.8, 4) is 11.3 Å². The van der Waals surface area contributed by atoms with Crippen molar-refractivity contribution in [2.24, 2.45) is 0 Å². The van der Waals surface area contributed by atoms with Crippen LogP contribution in [0.25, 0.3) is 22.4 Å². The molecular weight excluding hydrogens is 435 g/mol. The van der Waals surface area contributed by atoms with E-state index in [2.05, 4.69) is 10.1 Å². The molecule has 0 spiro atoms. The van der Waals surface area contributed by atoms with E-state index in [9.17, 15) is 14.0 Å². The maximum absolute atomic E-state index is 13.6. The molecule has 5 rings (SSSR count). The predicted molar refractivity (Wildman–Crippen MR) is 125 cm³/mol. The Bertz CT molecular complexity index is 1370. The van der Waals surface area contributed by atoms with Crippen molar-refractivity contribution >= 4 is 22.9 Å². The van der Waals surface area contributed by atoms with Gasteiger partial charge in [0.1, 0.15) is 5.82 Å².